The van der Waals surface area contributed by atoms with Gasteiger partial charge in [-0.15, -0.1) is 0 Å². The second kappa shape index (κ2) is 8.72. The molecule has 0 saturated heterocycles. The fraction of sp³-hybridized carbons (Fsp3) is 0.333. The van der Waals surface area contributed by atoms with Crippen molar-refractivity contribution in [2.75, 3.05) is 17.7 Å². The lowest BCUT2D eigenvalue weighted by atomic mass is 9.92. The first kappa shape index (κ1) is 20.3. The predicted molar refractivity (Wildman–Crippen MR) is 108 cm³/mol. The number of anilines is 2. The van der Waals surface area contributed by atoms with Gasteiger partial charge in [-0.3, -0.25) is 19.9 Å². The van der Waals surface area contributed by atoms with E-state index in [1.807, 2.05) is 6.92 Å². The fourth-order valence-electron chi connectivity index (χ4n) is 3.37. The number of nitrogens with one attached hydrogen (secondary N) is 2. The number of carbonyl (C=O) groups excluding carboxylic acids is 2. The van der Waals surface area contributed by atoms with Gasteiger partial charge in [-0.25, -0.2) is 4.79 Å². The minimum absolute atomic E-state index is 0.164. The van der Waals surface area contributed by atoms with Crippen LogP contribution in [0.5, 0.6) is 0 Å². The Kier molecular flexibility index (Phi) is 6.11. The van der Waals surface area contributed by atoms with E-state index in [1.54, 1.807) is 36.5 Å². The number of rotatable bonds is 2. The summed E-state index contributed by atoms with van der Waals surface area (Å²) in [6.45, 7) is 1.81. The summed E-state index contributed by atoms with van der Waals surface area (Å²) in [6, 6.07) is 8.59. The SMILES string of the molecule is COC(=O)Nc1ccc2c(c1)NC(=O)C(C)CCCC(C(=O)O)c1cc-2ccn1. The molecule has 2 heterocycles. The molecule has 0 fully saturated rings. The van der Waals surface area contributed by atoms with Gasteiger partial charge < -0.3 is 15.2 Å². The molecular formula is C21H23N3O5. The molecule has 1 aliphatic heterocycles. The van der Waals surface area contributed by atoms with E-state index in [0.29, 0.717) is 41.9 Å². The van der Waals surface area contributed by atoms with E-state index in [2.05, 4.69) is 20.4 Å². The average Bonchev–Trinajstić information content (AvgIpc) is 2.70. The molecule has 3 rings (SSSR count). The normalized spacial score (nSPS) is 19.0. The lowest BCUT2D eigenvalue weighted by Crippen LogP contribution is -2.22. The van der Waals surface area contributed by atoms with Gasteiger partial charge in [0.1, 0.15) is 0 Å². The van der Waals surface area contributed by atoms with Crippen molar-refractivity contribution < 1.29 is 24.2 Å². The summed E-state index contributed by atoms with van der Waals surface area (Å²) in [5.74, 6) is -2.11. The number of fused-ring (bicyclic) bond motifs is 4. The van der Waals surface area contributed by atoms with Gasteiger partial charge in [0.25, 0.3) is 0 Å². The van der Waals surface area contributed by atoms with E-state index in [9.17, 15) is 19.5 Å². The zero-order chi connectivity index (χ0) is 21.0. The third-order valence-corrected chi connectivity index (χ3v) is 5.03. The molecule has 0 aliphatic carbocycles. The number of aliphatic carboxylic acids is 1. The minimum atomic E-state index is -0.929. The Labute approximate surface area is 168 Å². The fourth-order valence-corrected chi connectivity index (χ4v) is 3.37. The number of carboxylic acids is 1. The first-order chi connectivity index (χ1) is 13.9. The van der Waals surface area contributed by atoms with Crippen LogP contribution in [0.15, 0.2) is 36.5 Å². The van der Waals surface area contributed by atoms with Gasteiger partial charge >= 0.3 is 12.1 Å². The second-order valence-electron chi connectivity index (χ2n) is 7.06. The Bertz CT molecular complexity index is 944. The Morgan fingerprint density at radius 1 is 1.24 bits per heavy atom. The van der Waals surface area contributed by atoms with Crippen LogP contribution in [0, 0.1) is 5.92 Å². The number of hydrogen-bond acceptors (Lipinski definition) is 5. The second-order valence-corrected chi connectivity index (χ2v) is 7.06. The van der Waals surface area contributed by atoms with Gasteiger partial charge in [0, 0.05) is 23.4 Å². The number of aromatic nitrogens is 1. The molecule has 8 heteroatoms. The van der Waals surface area contributed by atoms with Crippen LogP contribution in [-0.4, -0.2) is 35.2 Å². The van der Waals surface area contributed by atoms with Crippen molar-refractivity contribution in [2.45, 2.75) is 32.1 Å². The first-order valence-electron chi connectivity index (χ1n) is 9.38. The van der Waals surface area contributed by atoms with E-state index >= 15 is 0 Å². The maximum atomic E-state index is 12.7. The number of carboxylic acid groups (broad SMARTS) is 1. The van der Waals surface area contributed by atoms with Crippen LogP contribution in [0.25, 0.3) is 11.1 Å². The average molecular weight is 397 g/mol. The van der Waals surface area contributed by atoms with E-state index < -0.39 is 18.0 Å². The number of ether oxygens (including phenoxy) is 1. The van der Waals surface area contributed by atoms with Crippen molar-refractivity contribution in [2.24, 2.45) is 5.92 Å². The Balaban J connectivity index is 2.10. The van der Waals surface area contributed by atoms with E-state index in [4.69, 9.17) is 0 Å². The van der Waals surface area contributed by atoms with Crippen molar-refractivity contribution in [3.63, 3.8) is 0 Å². The Morgan fingerprint density at radius 3 is 2.76 bits per heavy atom. The molecule has 29 heavy (non-hydrogen) atoms. The topological polar surface area (TPSA) is 118 Å². The highest BCUT2D eigenvalue weighted by molar-refractivity contribution is 5.98. The van der Waals surface area contributed by atoms with Gasteiger partial charge in [0.05, 0.1) is 24.4 Å². The summed E-state index contributed by atoms with van der Waals surface area (Å²) in [7, 11) is 1.27. The zero-order valence-corrected chi connectivity index (χ0v) is 16.3. The molecule has 3 N–H and O–H groups in total. The maximum Gasteiger partial charge on any atom is 0.411 e. The van der Waals surface area contributed by atoms with Crippen LogP contribution in [0.4, 0.5) is 16.2 Å². The van der Waals surface area contributed by atoms with Crippen LogP contribution in [-0.2, 0) is 14.3 Å². The van der Waals surface area contributed by atoms with Crippen molar-refractivity contribution in [3.8, 4) is 11.1 Å². The Hall–Kier alpha value is -3.42. The number of hydrogen-bond donors (Lipinski definition) is 3. The third-order valence-electron chi connectivity index (χ3n) is 5.03. The number of carbonyl (C=O) groups is 3. The number of nitrogens with zero attached hydrogens (tertiary/aromatic N) is 1. The summed E-state index contributed by atoms with van der Waals surface area (Å²) in [6.07, 6.45) is 2.52. The maximum absolute atomic E-state index is 12.7. The predicted octanol–water partition coefficient (Wildman–Crippen LogP) is 3.85. The van der Waals surface area contributed by atoms with Crippen molar-refractivity contribution in [1.82, 2.24) is 4.98 Å². The standard InChI is InChI=1S/C21H23N3O5/c1-12-4-3-5-16(20(26)27)17-10-13(8-9-22-17)15-7-6-14(23-21(28)29-2)11-18(15)24-19(12)25/h6-12,16H,3-5H2,1-2H3,(H,23,28)(H,24,25)(H,26,27). The van der Waals surface area contributed by atoms with Crippen molar-refractivity contribution in [1.29, 1.82) is 0 Å². The molecule has 2 atom stereocenters. The van der Waals surface area contributed by atoms with Gasteiger partial charge in [-0.05, 0) is 42.7 Å². The monoisotopic (exact) mass is 397 g/mol. The van der Waals surface area contributed by atoms with Crippen molar-refractivity contribution in [3.05, 3.63) is 42.2 Å². The summed E-state index contributed by atoms with van der Waals surface area (Å²) in [4.78, 5) is 40.2. The van der Waals surface area contributed by atoms with Gasteiger partial charge in [-0.1, -0.05) is 19.4 Å². The van der Waals surface area contributed by atoms with E-state index in [0.717, 1.165) is 5.56 Å². The molecule has 2 bridgehead atoms. The highest BCUT2D eigenvalue weighted by Gasteiger charge is 2.24. The lowest BCUT2D eigenvalue weighted by Gasteiger charge is -2.20. The van der Waals surface area contributed by atoms with Gasteiger partial charge in [0.15, 0.2) is 0 Å². The zero-order valence-electron chi connectivity index (χ0n) is 16.3. The minimum Gasteiger partial charge on any atom is -0.481 e. The Morgan fingerprint density at radius 2 is 2.03 bits per heavy atom. The lowest BCUT2D eigenvalue weighted by molar-refractivity contribution is -0.139. The van der Waals surface area contributed by atoms with Crippen LogP contribution in [0.2, 0.25) is 0 Å². The highest BCUT2D eigenvalue weighted by atomic mass is 16.5. The number of benzene rings is 1. The molecule has 0 radical (unpaired) electrons. The molecule has 1 aromatic carbocycles. The van der Waals surface area contributed by atoms with E-state index in [-0.39, 0.29) is 11.8 Å². The van der Waals surface area contributed by atoms with Gasteiger partial charge in [-0.2, -0.15) is 0 Å². The largest absolute Gasteiger partial charge is 0.481 e. The molecule has 2 aromatic rings. The highest BCUT2D eigenvalue weighted by Crippen LogP contribution is 2.34. The van der Waals surface area contributed by atoms with Crippen molar-refractivity contribution >= 4 is 29.3 Å². The van der Waals surface area contributed by atoms with Crippen LogP contribution >= 0.6 is 0 Å². The smallest absolute Gasteiger partial charge is 0.411 e. The van der Waals surface area contributed by atoms with E-state index in [1.165, 1.54) is 7.11 Å². The molecule has 0 saturated carbocycles. The van der Waals surface area contributed by atoms with Crippen LogP contribution < -0.4 is 10.6 Å². The number of methoxy groups -OCH3 is 1. The molecule has 152 valence electrons. The molecule has 8 nitrogen and oxygen atoms in total. The van der Waals surface area contributed by atoms with Crippen LogP contribution in [0.1, 0.15) is 37.8 Å². The van der Waals surface area contributed by atoms with Crippen LogP contribution in [0.3, 0.4) is 0 Å². The summed E-state index contributed by atoms with van der Waals surface area (Å²) in [5, 5.41) is 15.2. The molecular weight excluding hydrogens is 374 g/mol. The molecule has 0 spiro atoms. The quantitative estimate of drug-likeness (QED) is 0.708. The summed E-state index contributed by atoms with van der Waals surface area (Å²) >= 11 is 0. The number of amides is 2. The molecule has 2 amide bonds. The number of pyridine rings is 1. The molecule has 1 aromatic heterocycles. The molecule has 2 unspecified atom stereocenters. The first-order valence-corrected chi connectivity index (χ1v) is 9.38. The summed E-state index contributed by atoms with van der Waals surface area (Å²) in [5.41, 5.74) is 2.90. The third kappa shape index (κ3) is 4.71. The van der Waals surface area contributed by atoms with Gasteiger partial charge in [0.2, 0.25) is 5.91 Å². The summed E-state index contributed by atoms with van der Waals surface area (Å²) < 4.78 is 4.62. The molecule has 1 aliphatic rings.